The number of hydrogen-bond acceptors (Lipinski definition) is 2. The number of carbonyl (C=O) groups is 1. The number of alkyl halides is 3. The summed E-state index contributed by atoms with van der Waals surface area (Å²) in [6.45, 7) is 1.67. The van der Waals surface area contributed by atoms with Crippen molar-refractivity contribution in [3.63, 3.8) is 0 Å². The van der Waals surface area contributed by atoms with E-state index < -0.39 is 18.0 Å². The lowest BCUT2D eigenvalue weighted by molar-refractivity contribution is -0.186. The number of hydrogen-bond donors (Lipinski definition) is 1. The van der Waals surface area contributed by atoms with Crippen molar-refractivity contribution in [2.45, 2.75) is 51.2 Å². The molecule has 3 atom stereocenters. The molecule has 1 rings (SSSR count). The third-order valence-electron chi connectivity index (χ3n) is 3.29. The Morgan fingerprint density at radius 3 is 2.72 bits per heavy atom. The predicted octanol–water partition coefficient (Wildman–Crippen LogP) is 2.77. The highest BCUT2D eigenvalue weighted by Crippen LogP contribution is 2.39. The van der Waals surface area contributed by atoms with E-state index >= 15 is 0 Å². The zero-order valence-corrected chi connectivity index (χ0v) is 10.3. The first-order valence-electron chi connectivity index (χ1n) is 6.08. The van der Waals surface area contributed by atoms with Crippen LogP contribution in [0.1, 0.15) is 39.0 Å². The second kappa shape index (κ2) is 6.07. The normalized spacial score (nSPS) is 26.2. The topological polar surface area (TPSA) is 52.9 Å². The Morgan fingerprint density at radius 2 is 2.17 bits per heavy atom. The van der Waals surface area contributed by atoms with Gasteiger partial charge in [-0.15, -0.1) is 0 Å². The van der Waals surface area contributed by atoms with Gasteiger partial charge in [-0.3, -0.25) is 4.79 Å². The summed E-state index contributed by atoms with van der Waals surface area (Å²) in [6.07, 6.45) is -3.14. The maximum Gasteiger partial charge on any atom is 0.391 e. The third kappa shape index (κ3) is 4.21. The Balaban J connectivity index is 2.51. The van der Waals surface area contributed by atoms with Crippen LogP contribution in [0.15, 0.2) is 0 Å². The number of halogens is 3. The van der Waals surface area contributed by atoms with E-state index in [9.17, 15) is 18.0 Å². The fourth-order valence-electron chi connectivity index (χ4n) is 2.27. The third-order valence-corrected chi connectivity index (χ3v) is 3.29. The Bertz CT molecular complexity index is 335. The molecule has 0 bridgehead atoms. The lowest BCUT2D eigenvalue weighted by Crippen LogP contribution is -2.40. The minimum Gasteiger partial charge on any atom is -0.352 e. The van der Waals surface area contributed by atoms with Crippen molar-refractivity contribution >= 4 is 5.91 Å². The lowest BCUT2D eigenvalue weighted by Gasteiger charge is -2.30. The minimum absolute atomic E-state index is 0.112. The zero-order valence-electron chi connectivity index (χ0n) is 10.3. The highest BCUT2D eigenvalue weighted by atomic mass is 19.4. The largest absolute Gasteiger partial charge is 0.391 e. The smallest absolute Gasteiger partial charge is 0.352 e. The summed E-state index contributed by atoms with van der Waals surface area (Å²) in [5, 5.41) is 11.1. The molecule has 18 heavy (non-hydrogen) atoms. The van der Waals surface area contributed by atoms with Gasteiger partial charge in [-0.05, 0) is 26.2 Å². The number of carbonyl (C=O) groups excluding carboxylic acids is 1. The molecule has 1 amide bonds. The van der Waals surface area contributed by atoms with E-state index in [2.05, 4.69) is 5.32 Å². The van der Waals surface area contributed by atoms with E-state index in [4.69, 9.17) is 5.26 Å². The van der Waals surface area contributed by atoms with Gasteiger partial charge in [-0.2, -0.15) is 18.4 Å². The molecule has 1 N–H and O–H groups in total. The van der Waals surface area contributed by atoms with Crippen molar-refractivity contribution in [2.24, 2.45) is 11.8 Å². The van der Waals surface area contributed by atoms with Gasteiger partial charge in [0.05, 0.1) is 18.4 Å². The molecule has 1 aliphatic carbocycles. The van der Waals surface area contributed by atoms with Crippen LogP contribution in [-0.2, 0) is 4.79 Å². The van der Waals surface area contributed by atoms with Gasteiger partial charge in [0.2, 0.25) is 5.91 Å². The van der Waals surface area contributed by atoms with Crippen molar-refractivity contribution in [1.82, 2.24) is 5.32 Å². The number of nitrogens with one attached hydrogen (secondary N) is 1. The van der Waals surface area contributed by atoms with Crippen LogP contribution in [0.4, 0.5) is 13.2 Å². The molecule has 0 spiro atoms. The quantitative estimate of drug-likeness (QED) is 0.850. The van der Waals surface area contributed by atoms with Gasteiger partial charge in [-0.1, -0.05) is 6.42 Å². The first-order chi connectivity index (χ1) is 8.34. The van der Waals surface area contributed by atoms with Crippen molar-refractivity contribution in [3.05, 3.63) is 0 Å². The van der Waals surface area contributed by atoms with Crippen LogP contribution >= 0.6 is 0 Å². The molecular formula is C12H17F3N2O. The molecule has 0 heterocycles. The predicted molar refractivity (Wildman–Crippen MR) is 59.3 cm³/mol. The van der Waals surface area contributed by atoms with Gasteiger partial charge in [0, 0.05) is 12.0 Å². The van der Waals surface area contributed by atoms with E-state index in [-0.39, 0.29) is 31.2 Å². The molecule has 0 aromatic heterocycles. The SMILES string of the molecule is CC(CC#N)NC(=O)C1CCCC(C(F)(F)F)C1. The molecule has 0 radical (unpaired) electrons. The molecule has 3 unspecified atom stereocenters. The molecule has 0 saturated heterocycles. The van der Waals surface area contributed by atoms with Crippen LogP contribution < -0.4 is 5.32 Å². The van der Waals surface area contributed by atoms with Gasteiger partial charge in [-0.25, -0.2) is 0 Å². The summed E-state index contributed by atoms with van der Waals surface area (Å²) in [6, 6.07) is 1.60. The summed E-state index contributed by atoms with van der Waals surface area (Å²) in [7, 11) is 0. The van der Waals surface area contributed by atoms with Crippen LogP contribution in [0.5, 0.6) is 0 Å². The van der Waals surface area contributed by atoms with E-state index in [1.807, 2.05) is 6.07 Å². The van der Waals surface area contributed by atoms with Crippen molar-refractivity contribution < 1.29 is 18.0 Å². The molecule has 0 aromatic rings. The van der Waals surface area contributed by atoms with E-state index in [1.54, 1.807) is 6.92 Å². The van der Waals surface area contributed by atoms with Gasteiger partial charge in [0.15, 0.2) is 0 Å². The summed E-state index contributed by atoms with van der Waals surface area (Å²) >= 11 is 0. The average molecular weight is 262 g/mol. The van der Waals surface area contributed by atoms with Crippen LogP contribution in [0.3, 0.4) is 0 Å². The number of nitriles is 1. The summed E-state index contributed by atoms with van der Waals surface area (Å²) in [5.74, 6) is -2.30. The fraction of sp³-hybridized carbons (Fsp3) is 0.833. The molecule has 102 valence electrons. The monoisotopic (exact) mass is 262 g/mol. The average Bonchev–Trinajstić information content (AvgIpc) is 2.28. The second-order valence-electron chi connectivity index (χ2n) is 4.87. The van der Waals surface area contributed by atoms with Gasteiger partial charge in [0.1, 0.15) is 0 Å². The van der Waals surface area contributed by atoms with E-state index in [0.29, 0.717) is 12.8 Å². The van der Waals surface area contributed by atoms with Crippen LogP contribution in [0.25, 0.3) is 0 Å². The number of nitrogens with zero attached hydrogens (tertiary/aromatic N) is 1. The Morgan fingerprint density at radius 1 is 1.50 bits per heavy atom. The maximum absolute atomic E-state index is 12.6. The van der Waals surface area contributed by atoms with E-state index in [0.717, 1.165) is 0 Å². The van der Waals surface area contributed by atoms with Gasteiger partial charge >= 0.3 is 6.18 Å². The summed E-state index contributed by atoms with van der Waals surface area (Å²) < 4.78 is 37.8. The minimum atomic E-state index is -4.21. The fourth-order valence-corrected chi connectivity index (χ4v) is 2.27. The number of amides is 1. The van der Waals surface area contributed by atoms with E-state index in [1.165, 1.54) is 0 Å². The zero-order chi connectivity index (χ0) is 13.8. The molecule has 1 aliphatic rings. The first-order valence-corrected chi connectivity index (χ1v) is 6.08. The molecular weight excluding hydrogens is 245 g/mol. The molecule has 0 aliphatic heterocycles. The van der Waals surface area contributed by atoms with Crippen molar-refractivity contribution in [2.75, 3.05) is 0 Å². The lowest BCUT2D eigenvalue weighted by atomic mass is 9.80. The summed E-state index contributed by atoms with van der Waals surface area (Å²) in [4.78, 5) is 11.8. The summed E-state index contributed by atoms with van der Waals surface area (Å²) in [5.41, 5.74) is 0. The maximum atomic E-state index is 12.6. The Kier molecular flexibility index (Phi) is 5.00. The molecule has 0 aromatic carbocycles. The van der Waals surface area contributed by atoms with Gasteiger partial charge in [0.25, 0.3) is 0 Å². The number of rotatable bonds is 3. The van der Waals surface area contributed by atoms with Crippen LogP contribution in [0, 0.1) is 23.2 Å². The van der Waals surface area contributed by atoms with Gasteiger partial charge < -0.3 is 5.32 Å². The standard InChI is InChI=1S/C12H17F3N2O/c1-8(5-6-16)17-11(18)9-3-2-4-10(7-9)12(13,14)15/h8-10H,2-5,7H2,1H3,(H,17,18). The Hall–Kier alpha value is -1.25. The Labute approximate surface area is 104 Å². The molecule has 1 saturated carbocycles. The molecule has 6 heteroatoms. The second-order valence-corrected chi connectivity index (χ2v) is 4.87. The highest BCUT2D eigenvalue weighted by molar-refractivity contribution is 5.79. The van der Waals surface area contributed by atoms with Crippen molar-refractivity contribution in [3.8, 4) is 6.07 Å². The molecule has 3 nitrogen and oxygen atoms in total. The van der Waals surface area contributed by atoms with Crippen LogP contribution in [0.2, 0.25) is 0 Å². The van der Waals surface area contributed by atoms with Crippen LogP contribution in [-0.4, -0.2) is 18.1 Å². The molecule has 1 fully saturated rings. The van der Waals surface area contributed by atoms with Crippen molar-refractivity contribution in [1.29, 1.82) is 5.26 Å². The highest BCUT2D eigenvalue weighted by Gasteiger charge is 2.43. The first kappa shape index (κ1) is 14.8.